The lowest BCUT2D eigenvalue weighted by Gasteiger charge is -2.05. The fourth-order valence-corrected chi connectivity index (χ4v) is 1.54. The lowest BCUT2D eigenvalue weighted by atomic mass is 10.1. The molecule has 0 unspecified atom stereocenters. The number of hydrogen-bond acceptors (Lipinski definition) is 3. The highest BCUT2D eigenvalue weighted by molar-refractivity contribution is 5.92. The normalized spacial score (nSPS) is 10.2. The predicted octanol–water partition coefficient (Wildman–Crippen LogP) is -0.316. The van der Waals surface area contributed by atoms with Crippen LogP contribution in [0.15, 0.2) is 46.1 Å². The maximum absolute atomic E-state index is 11.5. The summed E-state index contributed by atoms with van der Waals surface area (Å²) >= 11 is 0. The van der Waals surface area contributed by atoms with Crippen LogP contribution in [0.25, 0.3) is 0 Å². The van der Waals surface area contributed by atoms with Gasteiger partial charge in [0, 0.05) is 17.8 Å². The van der Waals surface area contributed by atoms with Gasteiger partial charge in [-0.3, -0.25) is 19.1 Å². The molecule has 0 aliphatic heterocycles. The molecule has 6 heteroatoms. The first-order valence-corrected chi connectivity index (χ1v) is 5.25. The minimum atomic E-state index is -0.497. The Kier molecular flexibility index (Phi) is 3.09. The van der Waals surface area contributed by atoms with Crippen molar-refractivity contribution in [3.8, 4) is 0 Å². The van der Waals surface area contributed by atoms with E-state index in [4.69, 9.17) is 5.73 Å². The van der Waals surface area contributed by atoms with Crippen LogP contribution in [0.3, 0.4) is 0 Å². The molecule has 0 bridgehead atoms. The predicted molar refractivity (Wildman–Crippen MR) is 65.4 cm³/mol. The second-order valence-corrected chi connectivity index (χ2v) is 3.80. The summed E-state index contributed by atoms with van der Waals surface area (Å²) in [6.07, 6.45) is 1.42. The summed E-state index contributed by atoms with van der Waals surface area (Å²) in [5, 5.41) is 0. The lowest BCUT2D eigenvalue weighted by Crippen LogP contribution is -2.28. The van der Waals surface area contributed by atoms with Gasteiger partial charge in [0.15, 0.2) is 0 Å². The molecule has 0 radical (unpaired) electrons. The van der Waals surface area contributed by atoms with Gasteiger partial charge in [0.2, 0.25) is 5.91 Å². The smallest absolute Gasteiger partial charge is 0.328 e. The maximum atomic E-state index is 11.5. The van der Waals surface area contributed by atoms with Gasteiger partial charge in [-0.05, 0) is 17.7 Å². The highest BCUT2D eigenvalue weighted by atomic mass is 16.2. The highest BCUT2D eigenvalue weighted by Gasteiger charge is 2.01. The average Bonchev–Trinajstić information content (AvgIpc) is 2.33. The minimum Gasteiger partial charge on any atom is -0.366 e. The minimum absolute atomic E-state index is 0.314. The van der Waals surface area contributed by atoms with E-state index in [0.717, 1.165) is 5.56 Å². The molecule has 1 heterocycles. The van der Waals surface area contributed by atoms with Crippen LogP contribution in [0.2, 0.25) is 0 Å². The molecular weight excluding hydrogens is 234 g/mol. The van der Waals surface area contributed by atoms with Gasteiger partial charge in [-0.1, -0.05) is 12.1 Å². The first kappa shape index (κ1) is 11.8. The lowest BCUT2D eigenvalue weighted by molar-refractivity contribution is 0.100. The summed E-state index contributed by atoms with van der Waals surface area (Å²) in [5.74, 6) is -0.497. The SMILES string of the molecule is NC(=O)c1ccc(Cn2ccc(=O)[nH]c2=O)cc1. The number of amides is 1. The summed E-state index contributed by atoms with van der Waals surface area (Å²) < 4.78 is 1.36. The first-order chi connectivity index (χ1) is 8.56. The van der Waals surface area contributed by atoms with Crippen molar-refractivity contribution in [2.75, 3.05) is 0 Å². The Morgan fingerprint density at radius 3 is 2.39 bits per heavy atom. The van der Waals surface area contributed by atoms with E-state index in [2.05, 4.69) is 4.98 Å². The van der Waals surface area contributed by atoms with Crippen LogP contribution in [0, 0.1) is 0 Å². The molecule has 1 amide bonds. The Morgan fingerprint density at radius 2 is 1.83 bits per heavy atom. The van der Waals surface area contributed by atoms with Gasteiger partial charge in [-0.15, -0.1) is 0 Å². The molecule has 3 N–H and O–H groups in total. The molecule has 0 saturated heterocycles. The van der Waals surface area contributed by atoms with E-state index in [0.29, 0.717) is 12.1 Å². The molecule has 0 saturated carbocycles. The molecule has 0 spiro atoms. The van der Waals surface area contributed by atoms with Crippen molar-refractivity contribution in [1.29, 1.82) is 0 Å². The summed E-state index contributed by atoms with van der Waals surface area (Å²) in [7, 11) is 0. The number of nitrogens with one attached hydrogen (secondary N) is 1. The van der Waals surface area contributed by atoms with Gasteiger partial charge in [0.25, 0.3) is 5.56 Å². The van der Waals surface area contributed by atoms with Crippen molar-refractivity contribution >= 4 is 5.91 Å². The number of carbonyl (C=O) groups excluding carboxylic acids is 1. The Bertz CT molecular complexity index is 683. The van der Waals surface area contributed by atoms with Crippen LogP contribution >= 0.6 is 0 Å². The van der Waals surface area contributed by atoms with Gasteiger partial charge < -0.3 is 5.73 Å². The zero-order chi connectivity index (χ0) is 13.1. The molecule has 0 fully saturated rings. The molecule has 0 aliphatic rings. The third kappa shape index (κ3) is 2.54. The first-order valence-electron chi connectivity index (χ1n) is 5.25. The zero-order valence-corrected chi connectivity index (χ0v) is 9.42. The second-order valence-electron chi connectivity index (χ2n) is 3.80. The standard InChI is InChI=1S/C12H11N3O3/c13-11(17)9-3-1-8(2-4-9)7-15-6-5-10(16)14-12(15)18/h1-6H,7H2,(H2,13,17)(H,14,16,18). The number of hydrogen-bond donors (Lipinski definition) is 2. The van der Waals surface area contributed by atoms with E-state index < -0.39 is 17.2 Å². The average molecular weight is 245 g/mol. The quantitative estimate of drug-likeness (QED) is 0.775. The number of nitrogens with zero attached hydrogens (tertiary/aromatic N) is 1. The Hall–Kier alpha value is -2.63. The van der Waals surface area contributed by atoms with Crippen LogP contribution in [0.1, 0.15) is 15.9 Å². The molecule has 6 nitrogen and oxygen atoms in total. The summed E-state index contributed by atoms with van der Waals surface area (Å²) in [6.45, 7) is 0.314. The summed E-state index contributed by atoms with van der Waals surface area (Å²) in [4.78, 5) is 35.4. The number of rotatable bonds is 3. The van der Waals surface area contributed by atoms with Crippen molar-refractivity contribution < 1.29 is 4.79 Å². The molecule has 2 rings (SSSR count). The Labute approximate surface area is 102 Å². The largest absolute Gasteiger partial charge is 0.366 e. The molecular formula is C12H11N3O3. The molecule has 92 valence electrons. The number of aromatic amines is 1. The fourth-order valence-electron chi connectivity index (χ4n) is 1.54. The third-order valence-electron chi connectivity index (χ3n) is 2.49. The number of nitrogens with two attached hydrogens (primary N) is 1. The van der Waals surface area contributed by atoms with Crippen LogP contribution in [0.4, 0.5) is 0 Å². The van der Waals surface area contributed by atoms with Crippen LogP contribution in [-0.4, -0.2) is 15.5 Å². The van der Waals surface area contributed by atoms with E-state index in [9.17, 15) is 14.4 Å². The molecule has 18 heavy (non-hydrogen) atoms. The second kappa shape index (κ2) is 4.70. The van der Waals surface area contributed by atoms with Crippen LogP contribution < -0.4 is 17.0 Å². The van der Waals surface area contributed by atoms with Crippen LogP contribution in [0.5, 0.6) is 0 Å². The number of primary amides is 1. The maximum Gasteiger partial charge on any atom is 0.328 e. The topological polar surface area (TPSA) is 97.9 Å². The van der Waals surface area contributed by atoms with Crippen molar-refractivity contribution in [3.05, 3.63) is 68.5 Å². The van der Waals surface area contributed by atoms with Gasteiger partial charge in [0.05, 0.1) is 6.54 Å². The van der Waals surface area contributed by atoms with Gasteiger partial charge in [0.1, 0.15) is 0 Å². The Morgan fingerprint density at radius 1 is 1.17 bits per heavy atom. The van der Waals surface area contributed by atoms with Crippen LogP contribution in [-0.2, 0) is 6.54 Å². The summed E-state index contributed by atoms with van der Waals surface area (Å²) in [6, 6.07) is 7.87. The highest BCUT2D eigenvalue weighted by Crippen LogP contribution is 2.04. The van der Waals surface area contributed by atoms with Gasteiger partial charge >= 0.3 is 5.69 Å². The number of H-pyrrole nitrogens is 1. The molecule has 2 aromatic rings. The van der Waals surface area contributed by atoms with Gasteiger partial charge in [-0.25, -0.2) is 4.79 Å². The van der Waals surface area contributed by atoms with Crippen molar-refractivity contribution in [3.63, 3.8) is 0 Å². The molecule has 1 aromatic carbocycles. The Balaban J connectivity index is 2.26. The van der Waals surface area contributed by atoms with Crippen molar-refractivity contribution in [1.82, 2.24) is 9.55 Å². The molecule has 1 aromatic heterocycles. The monoisotopic (exact) mass is 245 g/mol. The van der Waals surface area contributed by atoms with Crippen molar-refractivity contribution in [2.24, 2.45) is 5.73 Å². The van der Waals surface area contributed by atoms with Gasteiger partial charge in [-0.2, -0.15) is 0 Å². The fraction of sp³-hybridized carbons (Fsp3) is 0.0833. The molecule has 0 atom stereocenters. The van der Waals surface area contributed by atoms with E-state index in [-0.39, 0.29) is 0 Å². The van der Waals surface area contributed by atoms with E-state index in [1.54, 1.807) is 24.3 Å². The number of benzene rings is 1. The van der Waals surface area contributed by atoms with E-state index in [1.807, 2.05) is 0 Å². The summed E-state index contributed by atoms with van der Waals surface area (Å²) in [5.41, 5.74) is 5.46. The van der Waals surface area contributed by atoms with Crippen molar-refractivity contribution in [2.45, 2.75) is 6.54 Å². The third-order valence-corrected chi connectivity index (χ3v) is 2.49. The molecule has 0 aliphatic carbocycles. The number of carbonyl (C=O) groups is 1. The van der Waals surface area contributed by atoms with E-state index >= 15 is 0 Å². The number of aromatic nitrogens is 2. The van der Waals surface area contributed by atoms with E-state index in [1.165, 1.54) is 16.8 Å². The zero-order valence-electron chi connectivity index (χ0n) is 9.42.